The van der Waals surface area contributed by atoms with Gasteiger partial charge in [-0.2, -0.15) is 5.26 Å². The molecule has 0 radical (unpaired) electrons. The smallest absolute Gasteiger partial charge is 0.223 e. The van der Waals surface area contributed by atoms with Crippen LogP contribution in [0.1, 0.15) is 24.0 Å². The summed E-state index contributed by atoms with van der Waals surface area (Å²) < 4.78 is 5.80. The number of carbonyl (C=O) groups is 1. The first-order valence-corrected chi connectivity index (χ1v) is 8.57. The fraction of sp³-hybridized carbons (Fsp3) is 0.316. The van der Waals surface area contributed by atoms with Gasteiger partial charge in [0.05, 0.1) is 18.2 Å². The van der Waals surface area contributed by atoms with Crippen LogP contribution in [0.2, 0.25) is 5.02 Å². The average Bonchev–Trinajstić information content (AvgIpc) is 3.08. The summed E-state index contributed by atoms with van der Waals surface area (Å²) in [5.41, 5.74) is 1.57. The highest BCUT2D eigenvalue weighted by molar-refractivity contribution is 6.30. The second-order valence-electron chi connectivity index (χ2n) is 5.99. The minimum Gasteiger partial charge on any atom is -0.472 e. The first-order valence-electron chi connectivity index (χ1n) is 8.19. The number of nitrogens with zero attached hydrogens (tertiary/aromatic N) is 3. The van der Waals surface area contributed by atoms with Gasteiger partial charge in [-0.05, 0) is 30.2 Å². The highest BCUT2D eigenvalue weighted by atomic mass is 35.5. The summed E-state index contributed by atoms with van der Waals surface area (Å²) in [5, 5.41) is 9.60. The summed E-state index contributed by atoms with van der Waals surface area (Å²) in [7, 11) is 0. The summed E-state index contributed by atoms with van der Waals surface area (Å²) >= 11 is 5.97. The zero-order valence-corrected chi connectivity index (χ0v) is 14.4. The lowest BCUT2D eigenvalue weighted by Gasteiger charge is -2.17. The number of aromatic nitrogens is 1. The van der Waals surface area contributed by atoms with Crippen molar-refractivity contribution in [3.05, 3.63) is 58.7 Å². The molecule has 1 aliphatic heterocycles. The van der Waals surface area contributed by atoms with Gasteiger partial charge in [-0.3, -0.25) is 4.79 Å². The van der Waals surface area contributed by atoms with E-state index in [-0.39, 0.29) is 12.0 Å². The van der Waals surface area contributed by atoms with E-state index in [4.69, 9.17) is 21.6 Å². The van der Waals surface area contributed by atoms with E-state index in [1.807, 2.05) is 29.2 Å². The third kappa shape index (κ3) is 4.71. The van der Waals surface area contributed by atoms with Gasteiger partial charge in [0, 0.05) is 36.7 Å². The standard InChI is InChI=1S/C19H18ClN3O2/c20-16-3-1-2-14(10-16)4-5-19(24)23-9-7-17(13-23)25-18-11-15(12-21)6-8-22-18/h1-3,6,8,10-11,17H,4-5,7,9,13H2. The van der Waals surface area contributed by atoms with E-state index in [9.17, 15) is 4.79 Å². The summed E-state index contributed by atoms with van der Waals surface area (Å²) in [6, 6.07) is 12.9. The molecule has 1 aromatic heterocycles. The average molecular weight is 356 g/mol. The number of nitriles is 1. The zero-order chi connectivity index (χ0) is 17.6. The van der Waals surface area contributed by atoms with Crippen LogP contribution in [0.5, 0.6) is 5.88 Å². The van der Waals surface area contributed by atoms with Gasteiger partial charge in [-0.15, -0.1) is 0 Å². The number of hydrogen-bond donors (Lipinski definition) is 0. The number of amides is 1. The van der Waals surface area contributed by atoms with Crippen molar-refractivity contribution in [1.29, 1.82) is 5.26 Å². The minimum atomic E-state index is -0.0865. The van der Waals surface area contributed by atoms with Gasteiger partial charge >= 0.3 is 0 Å². The summed E-state index contributed by atoms with van der Waals surface area (Å²) in [6.07, 6.45) is 3.36. The first kappa shape index (κ1) is 17.2. The number of aryl methyl sites for hydroxylation is 1. The van der Waals surface area contributed by atoms with Gasteiger partial charge in [0.15, 0.2) is 0 Å². The number of carbonyl (C=O) groups excluding carboxylic acids is 1. The number of ether oxygens (including phenoxy) is 1. The van der Waals surface area contributed by atoms with Crippen molar-refractivity contribution in [3.8, 4) is 11.9 Å². The van der Waals surface area contributed by atoms with E-state index >= 15 is 0 Å². The molecule has 0 spiro atoms. The Morgan fingerprint density at radius 1 is 1.40 bits per heavy atom. The largest absolute Gasteiger partial charge is 0.472 e. The number of likely N-dealkylation sites (tertiary alicyclic amines) is 1. The second kappa shape index (κ2) is 8.00. The zero-order valence-electron chi connectivity index (χ0n) is 13.7. The van der Waals surface area contributed by atoms with E-state index in [1.165, 1.54) is 0 Å². The highest BCUT2D eigenvalue weighted by Crippen LogP contribution is 2.19. The molecule has 25 heavy (non-hydrogen) atoms. The van der Waals surface area contributed by atoms with Crippen LogP contribution in [0.15, 0.2) is 42.6 Å². The van der Waals surface area contributed by atoms with E-state index in [0.717, 1.165) is 12.0 Å². The fourth-order valence-corrected chi connectivity index (χ4v) is 3.08. The van der Waals surface area contributed by atoms with Crippen molar-refractivity contribution >= 4 is 17.5 Å². The number of rotatable bonds is 5. The SMILES string of the molecule is N#Cc1ccnc(OC2CCN(C(=O)CCc3cccc(Cl)c3)C2)c1. The van der Waals surface area contributed by atoms with Crippen LogP contribution in [0.4, 0.5) is 0 Å². The molecule has 1 atom stereocenters. The number of hydrogen-bond acceptors (Lipinski definition) is 4. The van der Waals surface area contributed by atoms with Gasteiger partial charge in [0.25, 0.3) is 0 Å². The normalized spacial score (nSPS) is 16.5. The molecule has 1 unspecified atom stereocenters. The Hall–Kier alpha value is -2.58. The predicted octanol–water partition coefficient (Wildman–Crippen LogP) is 3.22. The predicted molar refractivity (Wildman–Crippen MR) is 94.3 cm³/mol. The molecule has 1 aromatic carbocycles. The van der Waals surface area contributed by atoms with Gasteiger partial charge in [0.2, 0.25) is 11.8 Å². The van der Waals surface area contributed by atoms with E-state index in [2.05, 4.69) is 11.1 Å². The number of halogens is 1. The molecule has 1 fully saturated rings. The van der Waals surface area contributed by atoms with E-state index < -0.39 is 0 Å². The van der Waals surface area contributed by atoms with Crippen LogP contribution < -0.4 is 4.74 Å². The number of benzene rings is 1. The lowest BCUT2D eigenvalue weighted by Crippen LogP contribution is -2.31. The van der Waals surface area contributed by atoms with E-state index in [0.29, 0.717) is 42.4 Å². The number of pyridine rings is 1. The Balaban J connectivity index is 1.50. The van der Waals surface area contributed by atoms with Crippen LogP contribution in [0.25, 0.3) is 0 Å². The molecule has 0 N–H and O–H groups in total. The lowest BCUT2D eigenvalue weighted by molar-refractivity contribution is -0.130. The molecule has 1 saturated heterocycles. The third-order valence-electron chi connectivity index (χ3n) is 4.17. The lowest BCUT2D eigenvalue weighted by atomic mass is 10.1. The monoisotopic (exact) mass is 355 g/mol. The van der Waals surface area contributed by atoms with Gasteiger partial charge < -0.3 is 9.64 Å². The van der Waals surface area contributed by atoms with Crippen molar-refractivity contribution < 1.29 is 9.53 Å². The van der Waals surface area contributed by atoms with Crippen molar-refractivity contribution in [3.63, 3.8) is 0 Å². The summed E-state index contributed by atoms with van der Waals surface area (Å²) in [6.45, 7) is 1.23. The van der Waals surface area contributed by atoms with Crippen molar-refractivity contribution in [2.24, 2.45) is 0 Å². The van der Waals surface area contributed by atoms with Crippen LogP contribution in [0, 0.1) is 11.3 Å². The van der Waals surface area contributed by atoms with Crippen LogP contribution in [-0.4, -0.2) is 35.0 Å². The highest BCUT2D eigenvalue weighted by Gasteiger charge is 2.27. The quantitative estimate of drug-likeness (QED) is 0.826. The molecule has 1 aliphatic rings. The van der Waals surface area contributed by atoms with Crippen LogP contribution >= 0.6 is 11.6 Å². The maximum Gasteiger partial charge on any atom is 0.223 e. The Morgan fingerprint density at radius 2 is 2.28 bits per heavy atom. The van der Waals surface area contributed by atoms with Crippen LogP contribution in [-0.2, 0) is 11.2 Å². The Bertz CT molecular complexity index is 803. The van der Waals surface area contributed by atoms with Crippen LogP contribution in [0.3, 0.4) is 0 Å². The van der Waals surface area contributed by atoms with Gasteiger partial charge in [0.1, 0.15) is 6.10 Å². The van der Waals surface area contributed by atoms with Crippen molar-refractivity contribution in [1.82, 2.24) is 9.88 Å². The van der Waals surface area contributed by atoms with Crippen molar-refractivity contribution in [2.45, 2.75) is 25.4 Å². The summed E-state index contributed by atoms with van der Waals surface area (Å²) in [4.78, 5) is 18.3. The molecule has 0 saturated carbocycles. The molecule has 128 valence electrons. The molecule has 2 aromatic rings. The Kier molecular flexibility index (Phi) is 5.52. The first-order chi connectivity index (χ1) is 12.1. The molecule has 0 aliphatic carbocycles. The maximum atomic E-state index is 12.4. The molecule has 5 nitrogen and oxygen atoms in total. The molecular weight excluding hydrogens is 338 g/mol. The van der Waals surface area contributed by atoms with E-state index in [1.54, 1.807) is 18.3 Å². The molecule has 1 amide bonds. The second-order valence-corrected chi connectivity index (χ2v) is 6.43. The summed E-state index contributed by atoms with van der Waals surface area (Å²) in [5.74, 6) is 0.544. The molecule has 2 heterocycles. The Morgan fingerprint density at radius 3 is 3.08 bits per heavy atom. The molecular formula is C19H18ClN3O2. The maximum absolute atomic E-state index is 12.4. The van der Waals surface area contributed by atoms with Gasteiger partial charge in [-0.1, -0.05) is 23.7 Å². The molecule has 0 bridgehead atoms. The molecule has 3 rings (SSSR count). The Labute approximate surface area is 151 Å². The fourth-order valence-electron chi connectivity index (χ4n) is 2.87. The topological polar surface area (TPSA) is 66.2 Å². The van der Waals surface area contributed by atoms with Gasteiger partial charge in [-0.25, -0.2) is 4.98 Å². The molecule has 6 heteroatoms. The minimum absolute atomic E-state index is 0.0865. The third-order valence-corrected chi connectivity index (χ3v) is 4.40. The van der Waals surface area contributed by atoms with Crippen molar-refractivity contribution in [2.75, 3.05) is 13.1 Å².